The Morgan fingerprint density at radius 2 is 2.27 bits per heavy atom. The predicted octanol–water partition coefficient (Wildman–Crippen LogP) is 2.31. The molecule has 3 rings (SSSR count). The van der Waals surface area contributed by atoms with Gasteiger partial charge in [-0.2, -0.15) is 0 Å². The van der Waals surface area contributed by atoms with Gasteiger partial charge in [0.05, 0.1) is 0 Å². The van der Waals surface area contributed by atoms with E-state index in [9.17, 15) is 9.90 Å². The van der Waals surface area contributed by atoms with E-state index in [0.29, 0.717) is 28.6 Å². The first-order valence-corrected chi connectivity index (χ1v) is 7.41. The number of H-pyrrole nitrogens is 1. The molecule has 0 bridgehead atoms. The van der Waals surface area contributed by atoms with E-state index in [-0.39, 0.29) is 11.7 Å². The first kappa shape index (κ1) is 14.5. The Morgan fingerprint density at radius 3 is 3.00 bits per heavy atom. The van der Waals surface area contributed by atoms with Gasteiger partial charge in [0.15, 0.2) is 11.5 Å². The summed E-state index contributed by atoms with van der Waals surface area (Å²) in [7, 11) is 0. The average molecular weight is 319 g/mol. The zero-order valence-electron chi connectivity index (χ0n) is 11.7. The van der Waals surface area contributed by atoms with E-state index in [1.54, 1.807) is 24.3 Å². The number of thioether (sulfide) groups is 1. The molecule has 0 amide bonds. The number of carboxylic acid groups (broad SMARTS) is 1. The van der Waals surface area contributed by atoms with Crippen LogP contribution in [0.1, 0.15) is 18.3 Å². The summed E-state index contributed by atoms with van der Waals surface area (Å²) in [4.78, 5) is 15.7. The molecule has 0 atom stereocenters. The normalized spacial score (nSPS) is 13.4. The minimum Gasteiger partial charge on any atom is -0.477 e. The van der Waals surface area contributed by atoms with Crippen molar-refractivity contribution in [2.24, 2.45) is 0 Å². The molecule has 1 aromatic heterocycles. The monoisotopic (exact) mass is 319 g/mol. The number of carboxylic acids is 1. The Hall–Kier alpha value is -2.48. The van der Waals surface area contributed by atoms with Gasteiger partial charge in [0.2, 0.25) is 11.9 Å². The molecule has 0 fully saturated rings. The largest absolute Gasteiger partial charge is 0.477 e. The second kappa shape index (κ2) is 6.10. The standard InChI is InChI=1S/C14H13N3O4S/c1-2-12-15-14(17-16-12)22-11(13(18)19)6-8-3-4-9-10(5-8)21-7-20-9/h3-6H,2,7H2,1H3,(H,18,19)(H,15,16,17)/b11-6-. The molecule has 0 spiro atoms. The molecule has 0 saturated carbocycles. The molecule has 22 heavy (non-hydrogen) atoms. The van der Waals surface area contributed by atoms with Gasteiger partial charge >= 0.3 is 5.97 Å². The lowest BCUT2D eigenvalue weighted by atomic mass is 10.2. The smallest absolute Gasteiger partial charge is 0.342 e. The molecule has 0 unspecified atom stereocenters. The van der Waals surface area contributed by atoms with Gasteiger partial charge in [-0.05, 0) is 35.5 Å². The highest BCUT2D eigenvalue weighted by Crippen LogP contribution is 2.34. The zero-order chi connectivity index (χ0) is 15.5. The fraction of sp³-hybridized carbons (Fsp3) is 0.214. The summed E-state index contributed by atoms with van der Waals surface area (Å²) in [6.45, 7) is 2.12. The fourth-order valence-electron chi connectivity index (χ4n) is 1.87. The van der Waals surface area contributed by atoms with E-state index in [1.165, 1.54) is 0 Å². The molecule has 2 aromatic rings. The summed E-state index contributed by atoms with van der Waals surface area (Å²) in [5, 5.41) is 16.5. The van der Waals surface area contributed by atoms with E-state index < -0.39 is 5.97 Å². The topological polar surface area (TPSA) is 97.3 Å². The number of aliphatic carboxylic acids is 1. The Bertz CT molecular complexity index is 741. The van der Waals surface area contributed by atoms with E-state index in [0.717, 1.165) is 17.6 Å². The second-order valence-corrected chi connectivity index (χ2v) is 5.46. The summed E-state index contributed by atoms with van der Waals surface area (Å²) >= 11 is 0.997. The van der Waals surface area contributed by atoms with Crippen LogP contribution in [0.2, 0.25) is 0 Å². The van der Waals surface area contributed by atoms with Gasteiger partial charge in [-0.1, -0.05) is 13.0 Å². The SMILES string of the molecule is CCc1nc(S/C(=C\c2ccc3c(c2)OCO3)C(=O)O)n[nH]1. The van der Waals surface area contributed by atoms with Crippen molar-refractivity contribution in [1.29, 1.82) is 0 Å². The predicted molar refractivity (Wildman–Crippen MR) is 79.8 cm³/mol. The molecular weight excluding hydrogens is 306 g/mol. The van der Waals surface area contributed by atoms with Crippen LogP contribution in [-0.2, 0) is 11.2 Å². The summed E-state index contributed by atoms with van der Waals surface area (Å²) in [6, 6.07) is 5.26. The van der Waals surface area contributed by atoms with Crippen molar-refractivity contribution in [3.05, 3.63) is 34.5 Å². The van der Waals surface area contributed by atoms with Crippen molar-refractivity contribution in [2.75, 3.05) is 6.79 Å². The lowest BCUT2D eigenvalue weighted by molar-refractivity contribution is -0.131. The van der Waals surface area contributed by atoms with Crippen LogP contribution in [0.3, 0.4) is 0 Å². The van der Waals surface area contributed by atoms with E-state index in [2.05, 4.69) is 15.2 Å². The van der Waals surface area contributed by atoms with Crippen molar-refractivity contribution in [2.45, 2.75) is 18.5 Å². The number of carbonyl (C=O) groups is 1. The quantitative estimate of drug-likeness (QED) is 0.644. The van der Waals surface area contributed by atoms with Crippen molar-refractivity contribution >= 4 is 23.8 Å². The molecule has 1 aliphatic rings. The first-order chi connectivity index (χ1) is 10.7. The number of aromatic amines is 1. The third kappa shape index (κ3) is 3.06. The highest BCUT2D eigenvalue weighted by molar-refractivity contribution is 8.04. The van der Waals surface area contributed by atoms with Gasteiger partial charge in [-0.15, -0.1) is 5.10 Å². The van der Waals surface area contributed by atoms with Crippen LogP contribution >= 0.6 is 11.8 Å². The van der Waals surface area contributed by atoms with Crippen LogP contribution in [0.5, 0.6) is 11.5 Å². The molecule has 2 heterocycles. The van der Waals surface area contributed by atoms with E-state index >= 15 is 0 Å². The van der Waals surface area contributed by atoms with Gasteiger partial charge in [-0.3, -0.25) is 5.10 Å². The highest BCUT2D eigenvalue weighted by Gasteiger charge is 2.16. The number of rotatable bonds is 5. The van der Waals surface area contributed by atoms with E-state index in [1.807, 2.05) is 6.92 Å². The molecule has 1 aliphatic heterocycles. The van der Waals surface area contributed by atoms with Crippen molar-refractivity contribution in [3.8, 4) is 11.5 Å². The summed E-state index contributed by atoms with van der Waals surface area (Å²) in [5.74, 6) is 0.943. The lowest BCUT2D eigenvalue weighted by Crippen LogP contribution is -1.97. The van der Waals surface area contributed by atoms with Gasteiger partial charge in [0.25, 0.3) is 0 Å². The summed E-state index contributed by atoms with van der Waals surface area (Å²) in [6.07, 6.45) is 2.26. The van der Waals surface area contributed by atoms with Gasteiger partial charge in [0.1, 0.15) is 10.7 Å². The molecule has 0 radical (unpaired) electrons. The minimum atomic E-state index is -1.04. The third-order valence-electron chi connectivity index (χ3n) is 2.95. The Morgan fingerprint density at radius 1 is 1.45 bits per heavy atom. The molecular formula is C14H13N3O4S. The fourth-order valence-corrected chi connectivity index (χ4v) is 2.60. The van der Waals surface area contributed by atoms with Gasteiger partial charge < -0.3 is 14.6 Å². The van der Waals surface area contributed by atoms with Crippen LogP contribution in [0.4, 0.5) is 0 Å². The number of hydrogen-bond donors (Lipinski definition) is 2. The molecule has 2 N–H and O–H groups in total. The van der Waals surface area contributed by atoms with Crippen LogP contribution < -0.4 is 9.47 Å². The Labute approximate surface area is 130 Å². The molecule has 7 nitrogen and oxygen atoms in total. The number of nitrogens with one attached hydrogen (secondary N) is 1. The van der Waals surface area contributed by atoms with Crippen molar-refractivity contribution < 1.29 is 19.4 Å². The van der Waals surface area contributed by atoms with Crippen LogP contribution in [0.15, 0.2) is 28.3 Å². The second-order valence-electron chi connectivity index (χ2n) is 4.45. The zero-order valence-corrected chi connectivity index (χ0v) is 12.5. The average Bonchev–Trinajstić information content (AvgIpc) is 3.14. The molecule has 114 valence electrons. The number of aromatic nitrogens is 3. The van der Waals surface area contributed by atoms with Crippen LogP contribution in [0, 0.1) is 0 Å². The van der Waals surface area contributed by atoms with Crippen molar-refractivity contribution in [1.82, 2.24) is 15.2 Å². The lowest BCUT2D eigenvalue weighted by Gasteiger charge is -2.01. The molecule has 0 saturated heterocycles. The maximum atomic E-state index is 11.4. The summed E-state index contributed by atoms with van der Waals surface area (Å²) < 4.78 is 10.5. The minimum absolute atomic E-state index is 0.125. The number of aryl methyl sites for hydroxylation is 1. The Kier molecular flexibility index (Phi) is 4.01. The maximum Gasteiger partial charge on any atom is 0.342 e. The van der Waals surface area contributed by atoms with Crippen molar-refractivity contribution in [3.63, 3.8) is 0 Å². The first-order valence-electron chi connectivity index (χ1n) is 6.59. The van der Waals surface area contributed by atoms with Gasteiger partial charge in [-0.25, -0.2) is 9.78 Å². The van der Waals surface area contributed by atoms with Gasteiger partial charge in [0, 0.05) is 6.42 Å². The molecule has 1 aromatic carbocycles. The highest BCUT2D eigenvalue weighted by atomic mass is 32.2. The molecule has 8 heteroatoms. The van der Waals surface area contributed by atoms with Crippen LogP contribution in [-0.4, -0.2) is 33.1 Å². The number of nitrogens with zero attached hydrogens (tertiary/aromatic N) is 2. The number of benzene rings is 1. The number of ether oxygens (including phenoxy) is 2. The van der Waals surface area contributed by atoms with E-state index in [4.69, 9.17) is 9.47 Å². The molecule has 0 aliphatic carbocycles. The maximum absolute atomic E-state index is 11.4. The summed E-state index contributed by atoms with van der Waals surface area (Å²) in [5.41, 5.74) is 0.709. The third-order valence-corrected chi connectivity index (χ3v) is 3.83. The number of fused-ring (bicyclic) bond motifs is 1. The number of hydrogen-bond acceptors (Lipinski definition) is 6. The van der Waals surface area contributed by atoms with Crippen LogP contribution in [0.25, 0.3) is 6.08 Å². The Balaban J connectivity index is 1.85.